The molecule has 1 aliphatic rings. The topological polar surface area (TPSA) is 130 Å². The molecule has 1 aliphatic heterocycles. The number of likely N-dealkylation sites (tertiary alicyclic amines) is 1. The highest BCUT2D eigenvalue weighted by molar-refractivity contribution is 6.46. The molecule has 0 radical (unpaired) electrons. The number of carbonyl (C=O) groups is 2. The quantitative estimate of drug-likeness (QED) is 0.235. The molecule has 2 aromatic carbocycles. The number of hydrogen-bond acceptors (Lipinski definition) is 7. The fourth-order valence-electron chi connectivity index (χ4n) is 3.38. The lowest BCUT2D eigenvalue weighted by molar-refractivity contribution is -0.384. The minimum atomic E-state index is -0.931. The molecular weight excluding hydrogens is 392 g/mol. The lowest BCUT2D eigenvalue weighted by Crippen LogP contribution is -2.31. The number of Topliss-reactive ketones (excluding diaryl/α,β-unsaturated/α-hetero) is 1. The molecule has 1 amide bonds. The summed E-state index contributed by atoms with van der Waals surface area (Å²) in [5.41, 5.74) is 0.508. The zero-order valence-electron chi connectivity index (χ0n) is 16.1. The predicted octanol–water partition coefficient (Wildman–Crippen LogP) is 2.41. The average molecular weight is 412 g/mol. The van der Waals surface area contributed by atoms with Crippen molar-refractivity contribution >= 4 is 23.1 Å². The van der Waals surface area contributed by atoms with Crippen LogP contribution in [-0.2, 0) is 9.59 Å². The molecule has 1 atom stereocenters. The molecule has 1 heterocycles. The first kappa shape index (κ1) is 21.0. The van der Waals surface area contributed by atoms with Gasteiger partial charge in [0.1, 0.15) is 11.5 Å². The number of nitro benzene ring substituents is 1. The van der Waals surface area contributed by atoms with Gasteiger partial charge in [-0.3, -0.25) is 19.7 Å². The summed E-state index contributed by atoms with van der Waals surface area (Å²) in [5.74, 6) is -1.46. The third-order valence-corrected chi connectivity index (χ3v) is 4.88. The van der Waals surface area contributed by atoms with Crippen molar-refractivity contribution in [1.29, 1.82) is 0 Å². The van der Waals surface area contributed by atoms with E-state index in [0.717, 1.165) is 0 Å². The smallest absolute Gasteiger partial charge is 0.295 e. The Balaban J connectivity index is 2.12. The number of carbonyl (C=O) groups excluding carboxylic acids is 2. The molecule has 0 saturated carbocycles. The molecule has 156 valence electrons. The van der Waals surface area contributed by atoms with Crippen LogP contribution in [0, 0.1) is 10.1 Å². The molecule has 0 spiro atoms. The van der Waals surface area contributed by atoms with Gasteiger partial charge >= 0.3 is 0 Å². The SMILES string of the molecule is COc1ccc(/C(O)=C2/C(=O)C(=O)N(CCCO)C2c2ccc([N+](=O)[O-])cc2)cc1. The van der Waals surface area contributed by atoms with Crippen LogP contribution < -0.4 is 4.74 Å². The first-order valence-corrected chi connectivity index (χ1v) is 9.17. The highest BCUT2D eigenvalue weighted by Crippen LogP contribution is 2.40. The molecule has 1 unspecified atom stereocenters. The monoisotopic (exact) mass is 412 g/mol. The summed E-state index contributed by atoms with van der Waals surface area (Å²) in [6, 6.07) is 10.8. The van der Waals surface area contributed by atoms with E-state index in [-0.39, 0.29) is 36.6 Å². The van der Waals surface area contributed by atoms with E-state index >= 15 is 0 Å². The maximum atomic E-state index is 12.8. The van der Waals surface area contributed by atoms with Gasteiger partial charge in [-0.1, -0.05) is 0 Å². The fourth-order valence-corrected chi connectivity index (χ4v) is 3.38. The Bertz CT molecular complexity index is 997. The number of aliphatic hydroxyl groups is 2. The second kappa shape index (κ2) is 8.75. The summed E-state index contributed by atoms with van der Waals surface area (Å²) in [6.45, 7) is -0.101. The first-order chi connectivity index (χ1) is 14.4. The molecule has 0 aliphatic carbocycles. The number of ketones is 1. The van der Waals surface area contributed by atoms with Crippen molar-refractivity contribution in [2.75, 3.05) is 20.3 Å². The van der Waals surface area contributed by atoms with E-state index in [1.165, 1.54) is 36.3 Å². The number of ether oxygens (including phenoxy) is 1. The summed E-state index contributed by atoms with van der Waals surface area (Å²) in [7, 11) is 1.50. The summed E-state index contributed by atoms with van der Waals surface area (Å²) < 4.78 is 5.09. The molecule has 0 bridgehead atoms. The standard InChI is InChI=1S/C21H20N2O7/c1-30-16-9-5-14(6-10-16)19(25)17-18(13-3-7-15(8-4-13)23(28)29)22(11-2-12-24)21(27)20(17)26/h3-10,18,24-25H,2,11-12H2,1H3/b19-17-. The van der Waals surface area contributed by atoms with Crippen molar-refractivity contribution in [3.05, 3.63) is 75.3 Å². The van der Waals surface area contributed by atoms with Crippen LogP contribution in [0.3, 0.4) is 0 Å². The van der Waals surface area contributed by atoms with E-state index in [2.05, 4.69) is 0 Å². The zero-order chi connectivity index (χ0) is 21.8. The van der Waals surface area contributed by atoms with Gasteiger partial charge in [-0.05, 0) is 48.4 Å². The third-order valence-electron chi connectivity index (χ3n) is 4.88. The predicted molar refractivity (Wildman–Crippen MR) is 107 cm³/mol. The van der Waals surface area contributed by atoms with Crippen LogP contribution in [0.4, 0.5) is 5.69 Å². The van der Waals surface area contributed by atoms with Crippen LogP contribution in [-0.4, -0.2) is 52.0 Å². The fraction of sp³-hybridized carbons (Fsp3) is 0.238. The van der Waals surface area contributed by atoms with Gasteiger partial charge in [0.15, 0.2) is 0 Å². The van der Waals surface area contributed by atoms with Crippen molar-refractivity contribution in [3.8, 4) is 5.75 Å². The number of benzene rings is 2. The van der Waals surface area contributed by atoms with E-state index in [0.29, 0.717) is 16.9 Å². The number of nitro groups is 1. The molecule has 1 saturated heterocycles. The minimum absolute atomic E-state index is 0.0854. The van der Waals surface area contributed by atoms with Crippen LogP contribution in [0.2, 0.25) is 0 Å². The van der Waals surface area contributed by atoms with E-state index in [9.17, 15) is 24.8 Å². The number of methoxy groups -OCH3 is 1. The highest BCUT2D eigenvalue weighted by Gasteiger charge is 2.45. The van der Waals surface area contributed by atoms with Crippen molar-refractivity contribution in [2.24, 2.45) is 0 Å². The second-order valence-electron chi connectivity index (χ2n) is 6.65. The number of aliphatic hydroxyl groups excluding tert-OH is 2. The summed E-state index contributed by atoms with van der Waals surface area (Å²) in [5, 5.41) is 31.0. The molecule has 2 aromatic rings. The largest absolute Gasteiger partial charge is 0.507 e. The molecule has 9 heteroatoms. The Hall–Kier alpha value is -3.72. The Labute approximate surface area is 172 Å². The lowest BCUT2D eigenvalue weighted by Gasteiger charge is -2.25. The Kier molecular flexibility index (Phi) is 6.12. The Morgan fingerprint density at radius 1 is 1.13 bits per heavy atom. The van der Waals surface area contributed by atoms with Crippen molar-refractivity contribution in [3.63, 3.8) is 0 Å². The maximum Gasteiger partial charge on any atom is 0.295 e. The zero-order valence-corrected chi connectivity index (χ0v) is 16.1. The molecule has 1 fully saturated rings. The van der Waals surface area contributed by atoms with Gasteiger partial charge in [0.25, 0.3) is 17.4 Å². The Morgan fingerprint density at radius 2 is 1.77 bits per heavy atom. The van der Waals surface area contributed by atoms with Crippen molar-refractivity contribution < 1.29 is 29.5 Å². The number of hydrogen-bond donors (Lipinski definition) is 2. The second-order valence-corrected chi connectivity index (χ2v) is 6.65. The molecule has 2 N–H and O–H groups in total. The van der Waals surface area contributed by atoms with E-state index in [1.807, 2.05) is 0 Å². The molecule has 3 rings (SSSR count). The van der Waals surface area contributed by atoms with Crippen molar-refractivity contribution in [2.45, 2.75) is 12.5 Å². The van der Waals surface area contributed by atoms with E-state index in [1.54, 1.807) is 24.3 Å². The van der Waals surface area contributed by atoms with Crippen molar-refractivity contribution in [1.82, 2.24) is 4.90 Å². The van der Waals surface area contributed by atoms with Gasteiger partial charge in [0.05, 0.1) is 23.6 Å². The lowest BCUT2D eigenvalue weighted by atomic mass is 9.95. The van der Waals surface area contributed by atoms with Crippen LogP contribution in [0.25, 0.3) is 5.76 Å². The summed E-state index contributed by atoms with van der Waals surface area (Å²) >= 11 is 0. The van der Waals surface area contributed by atoms with E-state index in [4.69, 9.17) is 9.84 Å². The summed E-state index contributed by atoms with van der Waals surface area (Å²) in [6.07, 6.45) is 0.235. The van der Waals surface area contributed by atoms with Crippen LogP contribution in [0.1, 0.15) is 23.6 Å². The van der Waals surface area contributed by atoms with Crippen LogP contribution >= 0.6 is 0 Å². The number of rotatable bonds is 7. The number of non-ortho nitro benzene ring substituents is 1. The van der Waals surface area contributed by atoms with Crippen LogP contribution in [0.5, 0.6) is 5.75 Å². The van der Waals surface area contributed by atoms with Gasteiger partial charge in [-0.15, -0.1) is 0 Å². The number of nitrogens with zero attached hydrogens (tertiary/aromatic N) is 2. The minimum Gasteiger partial charge on any atom is -0.507 e. The normalized spacial score (nSPS) is 17.9. The first-order valence-electron chi connectivity index (χ1n) is 9.17. The third kappa shape index (κ3) is 3.87. The number of amides is 1. The molecule has 30 heavy (non-hydrogen) atoms. The highest BCUT2D eigenvalue weighted by atomic mass is 16.6. The van der Waals surface area contributed by atoms with Crippen LogP contribution in [0.15, 0.2) is 54.1 Å². The maximum absolute atomic E-state index is 12.8. The van der Waals surface area contributed by atoms with Gasteiger partial charge in [-0.2, -0.15) is 0 Å². The molecule has 9 nitrogen and oxygen atoms in total. The molecule has 0 aromatic heterocycles. The van der Waals surface area contributed by atoms with E-state index < -0.39 is 22.7 Å². The Morgan fingerprint density at radius 3 is 2.30 bits per heavy atom. The summed E-state index contributed by atoms with van der Waals surface area (Å²) in [4.78, 5) is 37.1. The average Bonchev–Trinajstić information content (AvgIpc) is 3.02. The van der Waals surface area contributed by atoms with Gasteiger partial charge < -0.3 is 19.8 Å². The van der Waals surface area contributed by atoms with Gasteiger partial charge in [0, 0.05) is 30.8 Å². The van der Waals surface area contributed by atoms with Gasteiger partial charge in [-0.25, -0.2) is 0 Å². The molecular formula is C21H20N2O7. The van der Waals surface area contributed by atoms with Gasteiger partial charge in [0.2, 0.25) is 0 Å².